The van der Waals surface area contributed by atoms with Crippen LogP contribution in [0.1, 0.15) is 47.9 Å². The fourth-order valence-electron chi connectivity index (χ4n) is 4.02. The molecule has 0 fully saturated rings. The Morgan fingerprint density at radius 2 is 1.13 bits per heavy atom. The van der Waals surface area contributed by atoms with E-state index in [1.807, 2.05) is 0 Å². The van der Waals surface area contributed by atoms with Gasteiger partial charge in [0, 0.05) is 21.4 Å². The Morgan fingerprint density at radius 3 is 1.61 bits per heavy atom. The molecule has 2 aromatic carbocycles. The lowest BCUT2D eigenvalue weighted by Gasteiger charge is -2.17. The Balaban J connectivity index is 1.44. The third kappa shape index (κ3) is 2.64. The van der Waals surface area contributed by atoms with E-state index < -0.39 is 0 Å². The van der Waals surface area contributed by atoms with Gasteiger partial charge in [0.2, 0.25) is 0 Å². The molecule has 0 aromatic heterocycles. The maximum atomic E-state index is 2.38. The van der Waals surface area contributed by atoms with E-state index >= 15 is 0 Å². The zero-order valence-corrected chi connectivity index (χ0v) is 14.8. The minimum atomic E-state index is 0.644. The third-order valence-corrected chi connectivity index (χ3v) is 6.70. The van der Waals surface area contributed by atoms with Gasteiger partial charge in [-0.05, 0) is 36.1 Å². The normalized spacial score (nSPS) is 21.7. The highest BCUT2D eigenvalue weighted by molar-refractivity contribution is 6.36. The van der Waals surface area contributed by atoms with Crippen molar-refractivity contribution in [1.82, 2.24) is 0 Å². The van der Waals surface area contributed by atoms with Crippen LogP contribution in [0.25, 0.3) is 12.2 Å². The molecule has 2 aliphatic rings. The molecule has 0 N–H and O–H groups in total. The van der Waals surface area contributed by atoms with Crippen LogP contribution in [0.3, 0.4) is 0 Å². The molecule has 0 saturated heterocycles. The average molecular weight is 315 g/mol. The van der Waals surface area contributed by atoms with E-state index in [2.05, 4.69) is 74.5 Å². The fraction of sp³-hybridized carbons (Fsp3) is 0.273. The molecule has 23 heavy (non-hydrogen) atoms. The summed E-state index contributed by atoms with van der Waals surface area (Å²) in [5.74, 6) is 1.29. The monoisotopic (exact) mass is 314 g/mol. The number of allylic oxidation sites excluding steroid dienone is 2. The second-order valence-corrected chi connectivity index (χ2v) is 8.11. The second kappa shape index (κ2) is 5.97. The van der Waals surface area contributed by atoms with E-state index in [-0.39, 0.29) is 0 Å². The van der Waals surface area contributed by atoms with Gasteiger partial charge in [0.15, 0.2) is 0 Å². The molecule has 114 valence electrons. The smallest absolute Gasteiger partial charge is 0.0397 e. The van der Waals surface area contributed by atoms with Gasteiger partial charge in [-0.3, -0.25) is 0 Å². The Hall–Kier alpha value is -1.86. The van der Waals surface area contributed by atoms with Crippen LogP contribution in [-0.2, 0) is 0 Å². The molecule has 0 amide bonds. The number of hydrogen-bond donors (Lipinski definition) is 0. The van der Waals surface area contributed by atoms with Crippen molar-refractivity contribution in [1.29, 1.82) is 0 Å². The van der Waals surface area contributed by atoms with Crippen LogP contribution in [-0.4, -0.2) is 9.52 Å². The molecule has 2 radical (unpaired) electrons. The van der Waals surface area contributed by atoms with Gasteiger partial charge in [-0.15, -0.1) is 0 Å². The fourth-order valence-corrected chi connectivity index (χ4v) is 5.84. The molecule has 0 spiro atoms. The summed E-state index contributed by atoms with van der Waals surface area (Å²) in [6, 6.07) is 20.4. The van der Waals surface area contributed by atoms with Crippen molar-refractivity contribution in [2.45, 2.75) is 37.8 Å². The zero-order chi connectivity index (χ0) is 15.8. The summed E-state index contributed by atoms with van der Waals surface area (Å²) in [4.78, 5) is 0. The summed E-state index contributed by atoms with van der Waals surface area (Å²) >= 11 is 0. The Kier molecular flexibility index (Phi) is 3.82. The van der Waals surface area contributed by atoms with Gasteiger partial charge in [0.25, 0.3) is 0 Å². The van der Waals surface area contributed by atoms with Crippen molar-refractivity contribution in [2.24, 2.45) is 0 Å². The molecule has 0 saturated carbocycles. The quantitative estimate of drug-likeness (QED) is 0.614. The number of benzene rings is 2. The lowest BCUT2D eigenvalue weighted by Crippen LogP contribution is -2.06. The van der Waals surface area contributed by atoms with Gasteiger partial charge in [0.1, 0.15) is 0 Å². The Morgan fingerprint density at radius 1 is 0.696 bits per heavy atom. The van der Waals surface area contributed by atoms with E-state index in [0.717, 1.165) is 9.52 Å². The molecule has 1 heteroatoms. The van der Waals surface area contributed by atoms with Gasteiger partial charge >= 0.3 is 0 Å². The van der Waals surface area contributed by atoms with Crippen LogP contribution in [0.15, 0.2) is 59.7 Å². The van der Waals surface area contributed by atoms with Gasteiger partial charge in [-0.25, -0.2) is 0 Å². The van der Waals surface area contributed by atoms with E-state index in [0.29, 0.717) is 11.8 Å². The molecule has 0 aliphatic heterocycles. The van der Waals surface area contributed by atoms with Crippen LogP contribution >= 0.6 is 0 Å². The van der Waals surface area contributed by atoms with Crippen molar-refractivity contribution in [2.75, 3.05) is 0 Å². The standard InChI is InChI=1S/C22H22Si/c1-15-11-17-7-3-5-9-19(17)21(15)13-23-14-22-16(2)12-18-8-4-6-10-20(18)22/h3-12,21-22H,13-14H2,1-2H3. The number of fused-ring (bicyclic) bond motifs is 2. The summed E-state index contributed by atoms with van der Waals surface area (Å²) < 4.78 is 0. The number of rotatable bonds is 4. The highest BCUT2D eigenvalue weighted by atomic mass is 28.2. The summed E-state index contributed by atoms with van der Waals surface area (Å²) in [5, 5.41) is 0. The highest BCUT2D eigenvalue weighted by Crippen LogP contribution is 2.41. The lowest BCUT2D eigenvalue weighted by molar-refractivity contribution is 0.876. The molecule has 2 unspecified atom stereocenters. The minimum absolute atomic E-state index is 0.644. The molecule has 2 aromatic rings. The molecule has 0 bridgehead atoms. The largest absolute Gasteiger partial charge is 0.0655 e. The van der Waals surface area contributed by atoms with Gasteiger partial charge < -0.3 is 0 Å². The summed E-state index contributed by atoms with van der Waals surface area (Å²) in [6.45, 7) is 4.59. The summed E-state index contributed by atoms with van der Waals surface area (Å²) in [5.41, 5.74) is 9.02. The lowest BCUT2D eigenvalue weighted by atomic mass is 9.98. The van der Waals surface area contributed by atoms with Crippen LogP contribution in [0.2, 0.25) is 12.1 Å². The Bertz CT molecular complexity index is 730. The van der Waals surface area contributed by atoms with Crippen molar-refractivity contribution in [3.05, 3.63) is 81.9 Å². The topological polar surface area (TPSA) is 0 Å². The first kappa shape index (κ1) is 14.7. The van der Waals surface area contributed by atoms with Gasteiger partial charge in [-0.1, -0.05) is 83.9 Å². The van der Waals surface area contributed by atoms with Crippen molar-refractivity contribution < 1.29 is 0 Å². The zero-order valence-electron chi connectivity index (χ0n) is 13.8. The molecule has 2 atom stereocenters. The third-order valence-electron chi connectivity index (χ3n) is 5.31. The molecular formula is C22H22Si. The maximum absolute atomic E-state index is 2.38. The molecular weight excluding hydrogens is 292 g/mol. The molecule has 4 rings (SSSR count). The predicted octanol–water partition coefficient (Wildman–Crippen LogP) is 5.93. The van der Waals surface area contributed by atoms with Crippen molar-refractivity contribution in [3.8, 4) is 0 Å². The van der Waals surface area contributed by atoms with E-state index in [4.69, 9.17) is 0 Å². The van der Waals surface area contributed by atoms with Crippen molar-refractivity contribution >= 4 is 21.7 Å². The van der Waals surface area contributed by atoms with Crippen molar-refractivity contribution in [3.63, 3.8) is 0 Å². The van der Waals surface area contributed by atoms with Crippen LogP contribution < -0.4 is 0 Å². The molecule has 2 aliphatic carbocycles. The summed E-state index contributed by atoms with van der Waals surface area (Å²) in [7, 11) is 1.01. The SMILES string of the molecule is CC1=Cc2ccccc2C1C[Si]CC1C(C)=Cc2ccccc21. The van der Waals surface area contributed by atoms with E-state index in [9.17, 15) is 0 Å². The molecule has 0 nitrogen and oxygen atoms in total. The van der Waals surface area contributed by atoms with Gasteiger partial charge in [-0.2, -0.15) is 0 Å². The predicted molar refractivity (Wildman–Crippen MR) is 101 cm³/mol. The maximum Gasteiger partial charge on any atom is 0.0397 e. The average Bonchev–Trinajstić information content (AvgIpc) is 3.04. The first-order valence-electron chi connectivity index (χ1n) is 8.49. The van der Waals surface area contributed by atoms with Crippen LogP contribution in [0, 0.1) is 0 Å². The summed E-state index contributed by atoms with van der Waals surface area (Å²) in [6.07, 6.45) is 4.75. The number of hydrogen-bond acceptors (Lipinski definition) is 0. The second-order valence-electron chi connectivity index (χ2n) is 6.80. The van der Waals surface area contributed by atoms with Crippen LogP contribution in [0.4, 0.5) is 0 Å². The Labute approximate surface area is 141 Å². The highest BCUT2D eigenvalue weighted by Gasteiger charge is 2.25. The van der Waals surface area contributed by atoms with E-state index in [1.165, 1.54) is 45.5 Å². The minimum Gasteiger partial charge on any atom is -0.0655 e. The molecule has 0 heterocycles. The first-order chi connectivity index (χ1) is 11.2. The van der Waals surface area contributed by atoms with Gasteiger partial charge in [0.05, 0.1) is 0 Å². The first-order valence-corrected chi connectivity index (χ1v) is 9.90. The van der Waals surface area contributed by atoms with Crippen LogP contribution in [0.5, 0.6) is 0 Å². The van der Waals surface area contributed by atoms with E-state index in [1.54, 1.807) is 0 Å².